The molecule has 0 unspecified atom stereocenters. The van der Waals surface area contributed by atoms with Gasteiger partial charge in [0, 0.05) is 23.0 Å². The highest BCUT2D eigenvalue weighted by molar-refractivity contribution is 5.92. The molecule has 112 valence electrons. The van der Waals surface area contributed by atoms with E-state index in [1.165, 1.54) is 0 Å². The summed E-state index contributed by atoms with van der Waals surface area (Å²) in [5, 5.41) is 31.7. The Hall–Kier alpha value is -0.910. The van der Waals surface area contributed by atoms with E-state index in [0.29, 0.717) is 30.4 Å². The van der Waals surface area contributed by atoms with Gasteiger partial charge in [-0.15, -0.1) is 0 Å². The fourth-order valence-corrected chi connectivity index (χ4v) is 4.45. The third-order valence-corrected chi connectivity index (χ3v) is 5.75. The molecule has 3 aliphatic rings. The average Bonchev–Trinajstić information content (AvgIpc) is 2.53. The van der Waals surface area contributed by atoms with E-state index in [0.717, 1.165) is 0 Å². The largest absolute Gasteiger partial charge is 0.426 e. The maximum atomic E-state index is 11.7. The highest BCUT2D eigenvalue weighted by Gasteiger charge is 2.63. The molecule has 0 bridgehead atoms. The third kappa shape index (κ3) is 1.63. The molecule has 3 N–H and O–H groups in total. The van der Waals surface area contributed by atoms with E-state index in [1.54, 1.807) is 13.8 Å². The summed E-state index contributed by atoms with van der Waals surface area (Å²) in [4.78, 5) is 11.7. The molecule has 0 amide bonds. The first-order valence-electron chi connectivity index (χ1n) is 7.16. The first kappa shape index (κ1) is 14.0. The van der Waals surface area contributed by atoms with Crippen molar-refractivity contribution in [2.45, 2.75) is 63.9 Å². The fourth-order valence-electron chi connectivity index (χ4n) is 4.45. The Labute approximate surface area is 118 Å². The van der Waals surface area contributed by atoms with Crippen LogP contribution in [0.4, 0.5) is 0 Å². The molecule has 5 heteroatoms. The number of hydrogen-bond acceptors (Lipinski definition) is 5. The van der Waals surface area contributed by atoms with E-state index in [4.69, 9.17) is 4.74 Å². The van der Waals surface area contributed by atoms with Crippen molar-refractivity contribution in [1.82, 2.24) is 0 Å². The van der Waals surface area contributed by atoms with Crippen LogP contribution in [0.3, 0.4) is 0 Å². The van der Waals surface area contributed by atoms with Crippen molar-refractivity contribution in [3.63, 3.8) is 0 Å². The summed E-state index contributed by atoms with van der Waals surface area (Å²) in [6.07, 6.45) is 0.920. The lowest BCUT2D eigenvalue weighted by Crippen LogP contribution is -2.61. The maximum absolute atomic E-state index is 11.7. The van der Waals surface area contributed by atoms with Crippen LogP contribution in [0.25, 0.3) is 0 Å². The van der Waals surface area contributed by atoms with E-state index < -0.39 is 28.9 Å². The van der Waals surface area contributed by atoms with Crippen LogP contribution in [0.1, 0.15) is 46.5 Å². The Bertz CT molecular complexity index is 508. The monoisotopic (exact) mass is 282 g/mol. The number of carbonyl (C=O) groups is 1. The molecule has 0 aromatic rings. The number of aliphatic hydroxyl groups is 3. The Kier molecular flexibility index (Phi) is 2.70. The normalized spacial score (nSPS) is 51.6. The lowest BCUT2D eigenvalue weighted by atomic mass is 9.52. The Morgan fingerprint density at radius 3 is 2.60 bits per heavy atom. The molecule has 3 rings (SSSR count). The minimum atomic E-state index is -1.61. The zero-order chi connectivity index (χ0) is 14.9. The van der Waals surface area contributed by atoms with E-state index >= 15 is 0 Å². The molecule has 20 heavy (non-hydrogen) atoms. The topological polar surface area (TPSA) is 87.0 Å². The quantitative estimate of drug-likeness (QED) is 0.574. The Morgan fingerprint density at radius 2 is 1.95 bits per heavy atom. The second-order valence-corrected chi connectivity index (χ2v) is 7.13. The Balaban J connectivity index is 2.08. The van der Waals surface area contributed by atoms with Crippen molar-refractivity contribution < 1.29 is 24.9 Å². The number of fused-ring (bicyclic) bond motifs is 2. The van der Waals surface area contributed by atoms with Crippen LogP contribution >= 0.6 is 0 Å². The smallest absolute Gasteiger partial charge is 0.336 e. The minimum Gasteiger partial charge on any atom is -0.426 e. The van der Waals surface area contributed by atoms with Gasteiger partial charge in [0.25, 0.3) is 0 Å². The van der Waals surface area contributed by atoms with Crippen molar-refractivity contribution in [1.29, 1.82) is 0 Å². The number of esters is 1. The molecule has 2 aliphatic carbocycles. The molecule has 0 radical (unpaired) electrons. The molecule has 5 nitrogen and oxygen atoms in total. The van der Waals surface area contributed by atoms with Crippen LogP contribution in [-0.4, -0.2) is 38.8 Å². The second-order valence-electron chi connectivity index (χ2n) is 7.13. The van der Waals surface area contributed by atoms with Gasteiger partial charge in [-0.2, -0.15) is 0 Å². The van der Waals surface area contributed by atoms with Crippen molar-refractivity contribution in [2.75, 3.05) is 0 Å². The van der Waals surface area contributed by atoms with Gasteiger partial charge in [0.05, 0.1) is 11.7 Å². The highest BCUT2D eigenvalue weighted by atomic mass is 16.7. The number of aliphatic hydroxyl groups excluding tert-OH is 1. The maximum Gasteiger partial charge on any atom is 0.336 e. The fraction of sp³-hybridized carbons (Fsp3) is 0.800. The van der Waals surface area contributed by atoms with Crippen LogP contribution in [0.5, 0.6) is 0 Å². The molecule has 0 aromatic heterocycles. The van der Waals surface area contributed by atoms with Crippen LogP contribution in [0.2, 0.25) is 0 Å². The van der Waals surface area contributed by atoms with Gasteiger partial charge >= 0.3 is 5.97 Å². The van der Waals surface area contributed by atoms with Gasteiger partial charge in [0.2, 0.25) is 5.79 Å². The second kappa shape index (κ2) is 3.84. The molecule has 0 aromatic carbocycles. The minimum absolute atomic E-state index is 0.139. The molecular formula is C15H22O5. The van der Waals surface area contributed by atoms with Gasteiger partial charge in [0.15, 0.2) is 0 Å². The number of hydrogen-bond donors (Lipinski definition) is 3. The SMILES string of the molecule is CC1=C2C[C@@H]3[C@@](C)(C[C@]2(O)OC1=O)[C@H](O)CC[C@]3(C)O. The van der Waals surface area contributed by atoms with E-state index in [2.05, 4.69) is 0 Å². The third-order valence-electron chi connectivity index (χ3n) is 5.75. The van der Waals surface area contributed by atoms with Crippen LogP contribution in [-0.2, 0) is 9.53 Å². The summed E-state index contributed by atoms with van der Waals surface area (Å²) >= 11 is 0. The summed E-state index contributed by atoms with van der Waals surface area (Å²) < 4.78 is 5.15. The molecule has 0 saturated heterocycles. The van der Waals surface area contributed by atoms with Gasteiger partial charge in [-0.25, -0.2) is 4.79 Å². The van der Waals surface area contributed by atoms with E-state index in [-0.39, 0.29) is 12.3 Å². The molecular weight excluding hydrogens is 260 g/mol. The molecule has 1 heterocycles. The van der Waals surface area contributed by atoms with Crippen molar-refractivity contribution in [3.05, 3.63) is 11.1 Å². The zero-order valence-electron chi connectivity index (χ0n) is 12.1. The van der Waals surface area contributed by atoms with Gasteiger partial charge in [0.1, 0.15) is 0 Å². The van der Waals surface area contributed by atoms with Gasteiger partial charge in [-0.05, 0) is 39.0 Å². The lowest BCUT2D eigenvalue weighted by Gasteiger charge is -2.57. The summed E-state index contributed by atoms with van der Waals surface area (Å²) in [6, 6.07) is 0. The van der Waals surface area contributed by atoms with Crippen molar-refractivity contribution in [3.8, 4) is 0 Å². The molecule has 2 fully saturated rings. The lowest BCUT2D eigenvalue weighted by molar-refractivity contribution is -0.239. The molecule has 2 saturated carbocycles. The first-order valence-corrected chi connectivity index (χ1v) is 7.16. The van der Waals surface area contributed by atoms with Crippen LogP contribution in [0.15, 0.2) is 11.1 Å². The summed E-state index contributed by atoms with van der Waals surface area (Å²) in [5.41, 5.74) is -0.566. The average molecular weight is 282 g/mol. The molecule has 0 spiro atoms. The summed E-state index contributed by atoms with van der Waals surface area (Å²) in [5.74, 6) is -2.31. The number of ether oxygens (including phenoxy) is 1. The van der Waals surface area contributed by atoms with Gasteiger partial charge in [-0.3, -0.25) is 0 Å². The predicted molar refractivity (Wildman–Crippen MR) is 70.4 cm³/mol. The van der Waals surface area contributed by atoms with Gasteiger partial charge < -0.3 is 20.1 Å². The van der Waals surface area contributed by atoms with Crippen molar-refractivity contribution in [2.24, 2.45) is 11.3 Å². The van der Waals surface area contributed by atoms with Gasteiger partial charge in [-0.1, -0.05) is 6.92 Å². The zero-order valence-corrected chi connectivity index (χ0v) is 12.1. The number of carbonyl (C=O) groups excluding carboxylic acids is 1. The predicted octanol–water partition coefficient (Wildman–Crippen LogP) is 0.870. The Morgan fingerprint density at radius 1 is 1.30 bits per heavy atom. The number of rotatable bonds is 0. The van der Waals surface area contributed by atoms with Crippen LogP contribution in [0, 0.1) is 11.3 Å². The molecule has 5 atom stereocenters. The highest BCUT2D eigenvalue weighted by Crippen LogP contribution is 2.59. The van der Waals surface area contributed by atoms with Crippen LogP contribution < -0.4 is 0 Å². The summed E-state index contributed by atoms with van der Waals surface area (Å²) in [6.45, 7) is 5.29. The summed E-state index contributed by atoms with van der Waals surface area (Å²) in [7, 11) is 0. The van der Waals surface area contributed by atoms with E-state index in [9.17, 15) is 20.1 Å². The molecule has 1 aliphatic heterocycles. The first-order chi connectivity index (χ1) is 9.10. The van der Waals surface area contributed by atoms with Crippen molar-refractivity contribution >= 4 is 5.97 Å². The standard InChI is InChI=1S/C15H22O5/c1-8-9-6-10-13(2,7-15(9,19)20-12(8)17)11(16)4-5-14(10,3)18/h10-11,16,18-19H,4-7H2,1-3H3/t10-,11-,13-,14+,15+/m1/s1. The van der Waals surface area contributed by atoms with E-state index in [1.807, 2.05) is 6.92 Å².